The van der Waals surface area contributed by atoms with Crippen molar-refractivity contribution >= 4 is 46.3 Å². The van der Waals surface area contributed by atoms with Gasteiger partial charge in [-0.05, 0) is 29.1 Å². The van der Waals surface area contributed by atoms with E-state index in [1.807, 2.05) is 30.5 Å². The van der Waals surface area contributed by atoms with Crippen LogP contribution in [0.3, 0.4) is 0 Å². The summed E-state index contributed by atoms with van der Waals surface area (Å²) >= 11 is 1.81. The molecule has 1 aromatic heterocycles. The zero-order valence-corrected chi connectivity index (χ0v) is 19.4. The summed E-state index contributed by atoms with van der Waals surface area (Å²) in [6.07, 6.45) is 0. The Morgan fingerprint density at radius 2 is 1.93 bits per heavy atom. The molecule has 27 heavy (non-hydrogen) atoms. The molecule has 5 nitrogen and oxygen atoms in total. The number of aliphatic imine (C=N–C) groups is 1. The Labute approximate surface area is 183 Å². The van der Waals surface area contributed by atoms with Crippen LogP contribution in [0.5, 0.6) is 5.75 Å². The van der Waals surface area contributed by atoms with E-state index in [1.165, 1.54) is 10.6 Å². The molecule has 2 heterocycles. The van der Waals surface area contributed by atoms with E-state index in [2.05, 4.69) is 56.7 Å². The van der Waals surface area contributed by atoms with Gasteiger partial charge in [0, 0.05) is 45.7 Å². The van der Waals surface area contributed by atoms with Crippen LogP contribution in [0.25, 0.3) is 0 Å². The predicted octanol–water partition coefficient (Wildman–Crippen LogP) is 3.88. The van der Waals surface area contributed by atoms with Crippen molar-refractivity contribution in [1.82, 2.24) is 10.2 Å². The maximum atomic E-state index is 5.49. The number of rotatable bonds is 5. The number of halogens is 1. The summed E-state index contributed by atoms with van der Waals surface area (Å²) in [5.74, 6) is 2.27. The van der Waals surface area contributed by atoms with Crippen molar-refractivity contribution in [2.45, 2.75) is 12.8 Å². The van der Waals surface area contributed by atoms with Crippen LogP contribution in [0.1, 0.15) is 18.4 Å². The molecule has 1 N–H and O–H groups in total. The van der Waals surface area contributed by atoms with Crippen molar-refractivity contribution in [1.29, 1.82) is 0 Å². The lowest BCUT2D eigenvalue weighted by atomic mass is 10.0. The molecular formula is C20H29IN4OS. The molecule has 3 rings (SSSR count). The van der Waals surface area contributed by atoms with Gasteiger partial charge in [-0.2, -0.15) is 0 Å². The molecule has 1 atom stereocenters. The molecule has 1 fully saturated rings. The van der Waals surface area contributed by atoms with E-state index in [0.29, 0.717) is 5.92 Å². The van der Waals surface area contributed by atoms with Crippen LogP contribution >= 0.6 is 35.3 Å². The normalized spacial score (nSPS) is 15.9. The first-order valence-electron chi connectivity index (χ1n) is 9.10. The van der Waals surface area contributed by atoms with Gasteiger partial charge in [0.25, 0.3) is 0 Å². The van der Waals surface area contributed by atoms with Gasteiger partial charge in [0.15, 0.2) is 5.96 Å². The van der Waals surface area contributed by atoms with E-state index in [9.17, 15) is 0 Å². The maximum Gasteiger partial charge on any atom is 0.193 e. The lowest BCUT2D eigenvalue weighted by Gasteiger charge is -2.37. The fraction of sp³-hybridized carbons (Fsp3) is 0.450. The zero-order chi connectivity index (χ0) is 18.4. The highest BCUT2D eigenvalue weighted by atomic mass is 127. The maximum absolute atomic E-state index is 5.49. The number of nitrogens with one attached hydrogen (secondary N) is 1. The van der Waals surface area contributed by atoms with Crippen LogP contribution in [-0.2, 0) is 0 Å². The third kappa shape index (κ3) is 5.51. The standard InChI is InChI=1S/C20H28N4OS.HI/c1-16(17-7-4-5-8-18(17)25-3)15-22-20(21-2)24-12-10-23(11-13-24)19-9-6-14-26-19;/h4-9,14,16H,10-13,15H2,1-3H3,(H,21,22);1H. The summed E-state index contributed by atoms with van der Waals surface area (Å²) in [4.78, 5) is 9.29. The number of thiophene rings is 1. The second-order valence-electron chi connectivity index (χ2n) is 6.50. The molecule has 0 saturated carbocycles. The Bertz CT molecular complexity index is 715. The number of piperazine rings is 1. The van der Waals surface area contributed by atoms with Gasteiger partial charge in [0.1, 0.15) is 5.75 Å². The van der Waals surface area contributed by atoms with Gasteiger partial charge < -0.3 is 19.9 Å². The largest absolute Gasteiger partial charge is 0.496 e. The molecule has 0 aliphatic carbocycles. The van der Waals surface area contributed by atoms with Crippen molar-refractivity contribution in [3.8, 4) is 5.75 Å². The summed E-state index contributed by atoms with van der Waals surface area (Å²) in [5.41, 5.74) is 1.22. The predicted molar refractivity (Wildman–Crippen MR) is 126 cm³/mol. The number of guanidine groups is 1. The summed E-state index contributed by atoms with van der Waals surface area (Å²) < 4.78 is 5.49. The topological polar surface area (TPSA) is 40.1 Å². The van der Waals surface area contributed by atoms with Crippen LogP contribution in [-0.4, -0.2) is 57.7 Å². The molecule has 148 valence electrons. The van der Waals surface area contributed by atoms with E-state index in [0.717, 1.165) is 44.4 Å². The second kappa shape index (κ2) is 10.8. The van der Waals surface area contributed by atoms with E-state index in [-0.39, 0.29) is 24.0 Å². The average Bonchev–Trinajstić information content (AvgIpc) is 3.23. The highest BCUT2D eigenvalue weighted by molar-refractivity contribution is 14.0. The molecule has 1 saturated heterocycles. The van der Waals surface area contributed by atoms with Crippen molar-refractivity contribution in [3.05, 3.63) is 47.3 Å². The Kier molecular flexibility index (Phi) is 8.69. The molecule has 1 aromatic carbocycles. The highest BCUT2D eigenvalue weighted by Gasteiger charge is 2.21. The molecule has 0 radical (unpaired) electrons. The fourth-order valence-corrected chi connectivity index (χ4v) is 4.13. The number of para-hydroxylation sites is 1. The average molecular weight is 500 g/mol. The Balaban J connectivity index is 0.00000261. The summed E-state index contributed by atoms with van der Waals surface area (Å²) in [6, 6.07) is 12.5. The molecule has 2 aromatic rings. The summed E-state index contributed by atoms with van der Waals surface area (Å²) in [7, 11) is 3.59. The van der Waals surface area contributed by atoms with E-state index >= 15 is 0 Å². The molecule has 7 heteroatoms. The third-order valence-electron chi connectivity index (χ3n) is 4.85. The van der Waals surface area contributed by atoms with Crippen LogP contribution in [0.2, 0.25) is 0 Å². The SMILES string of the molecule is CN=C(NCC(C)c1ccccc1OC)N1CCN(c2cccs2)CC1.I. The zero-order valence-electron chi connectivity index (χ0n) is 16.2. The molecule has 0 bridgehead atoms. The minimum absolute atomic E-state index is 0. The number of hydrogen-bond acceptors (Lipinski definition) is 4. The first kappa shape index (κ1) is 21.8. The van der Waals surface area contributed by atoms with E-state index in [4.69, 9.17) is 4.74 Å². The van der Waals surface area contributed by atoms with E-state index in [1.54, 1.807) is 7.11 Å². The second-order valence-corrected chi connectivity index (χ2v) is 7.42. The Morgan fingerprint density at radius 3 is 2.56 bits per heavy atom. The van der Waals surface area contributed by atoms with Crippen molar-refractivity contribution < 1.29 is 4.74 Å². The fourth-order valence-electron chi connectivity index (χ4n) is 3.35. The van der Waals surface area contributed by atoms with E-state index < -0.39 is 0 Å². The molecular weight excluding hydrogens is 471 g/mol. The highest BCUT2D eigenvalue weighted by Crippen LogP contribution is 2.26. The number of methoxy groups -OCH3 is 1. The lowest BCUT2D eigenvalue weighted by Crippen LogP contribution is -2.52. The third-order valence-corrected chi connectivity index (χ3v) is 5.77. The van der Waals surface area contributed by atoms with Gasteiger partial charge in [-0.3, -0.25) is 4.99 Å². The van der Waals surface area contributed by atoms with Gasteiger partial charge in [-0.1, -0.05) is 25.1 Å². The van der Waals surface area contributed by atoms with Crippen molar-refractivity contribution in [2.24, 2.45) is 4.99 Å². The summed E-state index contributed by atoms with van der Waals surface area (Å²) in [5, 5.41) is 7.04. The lowest BCUT2D eigenvalue weighted by molar-refractivity contribution is 0.371. The first-order chi connectivity index (χ1) is 12.7. The molecule has 1 aliphatic heterocycles. The van der Waals surface area contributed by atoms with Crippen LogP contribution in [0.4, 0.5) is 5.00 Å². The number of nitrogens with zero attached hydrogens (tertiary/aromatic N) is 3. The van der Waals surface area contributed by atoms with Gasteiger partial charge in [-0.15, -0.1) is 35.3 Å². The van der Waals surface area contributed by atoms with Crippen LogP contribution in [0, 0.1) is 0 Å². The number of anilines is 1. The number of hydrogen-bond donors (Lipinski definition) is 1. The minimum Gasteiger partial charge on any atom is -0.496 e. The van der Waals surface area contributed by atoms with Gasteiger partial charge in [0.2, 0.25) is 0 Å². The smallest absolute Gasteiger partial charge is 0.193 e. The van der Waals surface area contributed by atoms with Crippen molar-refractivity contribution in [2.75, 3.05) is 51.8 Å². The first-order valence-corrected chi connectivity index (χ1v) is 9.98. The summed E-state index contributed by atoms with van der Waals surface area (Å²) in [6.45, 7) is 7.08. The Hall–Kier alpha value is -1.48. The number of ether oxygens (including phenoxy) is 1. The molecule has 1 aliphatic rings. The quantitative estimate of drug-likeness (QED) is 0.385. The van der Waals surface area contributed by atoms with Crippen LogP contribution in [0.15, 0.2) is 46.8 Å². The van der Waals surface area contributed by atoms with Gasteiger partial charge >= 0.3 is 0 Å². The number of benzene rings is 1. The molecule has 0 spiro atoms. The Morgan fingerprint density at radius 1 is 1.19 bits per heavy atom. The van der Waals surface area contributed by atoms with Gasteiger partial charge in [0.05, 0.1) is 12.1 Å². The molecule has 1 unspecified atom stereocenters. The monoisotopic (exact) mass is 500 g/mol. The van der Waals surface area contributed by atoms with Crippen LogP contribution < -0.4 is 15.0 Å². The minimum atomic E-state index is 0. The molecule has 0 amide bonds. The van der Waals surface area contributed by atoms with Crippen molar-refractivity contribution in [3.63, 3.8) is 0 Å². The van der Waals surface area contributed by atoms with Gasteiger partial charge in [-0.25, -0.2) is 0 Å².